The molecule has 270 valence electrons. The maximum absolute atomic E-state index is 2.59. The fraction of sp³-hybridized carbons (Fsp3) is 0. The van der Waals surface area contributed by atoms with E-state index in [1.807, 2.05) is 11.3 Å². The molecule has 0 spiro atoms. The molecule has 1 nitrogen and oxygen atoms in total. The van der Waals surface area contributed by atoms with Crippen LogP contribution in [0.2, 0.25) is 0 Å². The third-order valence-electron chi connectivity index (χ3n) is 11.2. The minimum absolute atomic E-state index is 1.12. The Hall–Kier alpha value is -6.78. The normalized spacial score (nSPS) is 11.5. The zero-order valence-corrected chi connectivity index (χ0v) is 33.2. The molecular weight excluding hydrogens is 723 g/mol. The van der Waals surface area contributed by atoms with Crippen molar-refractivity contribution in [2.24, 2.45) is 0 Å². The van der Waals surface area contributed by atoms with Crippen LogP contribution in [-0.2, 0) is 0 Å². The van der Waals surface area contributed by atoms with E-state index in [1.165, 1.54) is 68.9 Å². The van der Waals surface area contributed by atoms with Crippen molar-refractivity contribution < 1.29 is 0 Å². The third-order valence-corrected chi connectivity index (χ3v) is 17.2. The van der Waals surface area contributed by atoms with E-state index < -0.39 is 8.07 Å². The third kappa shape index (κ3) is 6.18. The van der Waals surface area contributed by atoms with Crippen molar-refractivity contribution in [3.05, 3.63) is 237 Å². The highest BCUT2D eigenvalue weighted by molar-refractivity contribution is 7.26. The van der Waals surface area contributed by atoms with Crippen LogP contribution >= 0.6 is 11.3 Å². The highest BCUT2D eigenvalue weighted by Gasteiger charge is 2.41. The number of thiophene rings is 1. The molecule has 10 aromatic rings. The molecule has 3 heteroatoms. The summed E-state index contributed by atoms with van der Waals surface area (Å²) in [6.45, 7) is 0. The lowest BCUT2D eigenvalue weighted by molar-refractivity contribution is 1.30. The summed E-state index contributed by atoms with van der Waals surface area (Å²) >= 11 is 1.87. The van der Waals surface area contributed by atoms with Gasteiger partial charge in [0.25, 0.3) is 0 Å². The second-order valence-corrected chi connectivity index (χ2v) is 19.3. The molecule has 0 atom stereocenters. The number of fused-ring (bicyclic) bond motifs is 3. The molecule has 0 saturated carbocycles. The average Bonchev–Trinajstić information content (AvgIpc) is 3.69. The predicted molar refractivity (Wildman–Crippen MR) is 249 cm³/mol. The van der Waals surface area contributed by atoms with Crippen molar-refractivity contribution in [3.63, 3.8) is 0 Å². The smallest absolute Gasteiger partial charge is 0.179 e. The molecule has 1 heterocycles. The van der Waals surface area contributed by atoms with Crippen molar-refractivity contribution in [1.29, 1.82) is 0 Å². The number of hydrogen-bond donors (Lipinski definition) is 0. The highest BCUT2D eigenvalue weighted by Crippen LogP contribution is 2.47. The van der Waals surface area contributed by atoms with Crippen LogP contribution in [0.25, 0.3) is 42.4 Å². The number of benzene rings is 9. The summed E-state index contributed by atoms with van der Waals surface area (Å²) in [6.07, 6.45) is 0. The second-order valence-electron chi connectivity index (χ2n) is 14.4. The minimum Gasteiger partial charge on any atom is -0.310 e. The minimum atomic E-state index is -2.59. The van der Waals surface area contributed by atoms with Gasteiger partial charge in [0.2, 0.25) is 0 Å². The van der Waals surface area contributed by atoms with E-state index in [1.54, 1.807) is 0 Å². The Labute approximate surface area is 339 Å². The quantitative estimate of drug-likeness (QED) is 0.105. The van der Waals surface area contributed by atoms with E-state index in [4.69, 9.17) is 0 Å². The number of rotatable bonds is 9. The topological polar surface area (TPSA) is 3.24 Å². The second kappa shape index (κ2) is 15.0. The van der Waals surface area contributed by atoms with E-state index in [-0.39, 0.29) is 0 Å². The van der Waals surface area contributed by atoms with Crippen LogP contribution in [0.1, 0.15) is 0 Å². The standard InChI is InChI=1S/C54H39NSSi/c1-6-18-42(19-7-1)49-28-16-30-51-53(49)54-50(29-17-31-52(54)56-51)55(43-20-8-2-9-21-43)44-36-32-40(33-37-44)41-34-38-48(39-35-41)57(45-22-10-3-11-23-45,46-24-12-4-13-25-46)47-26-14-5-15-27-47/h1-39H. The van der Waals surface area contributed by atoms with Crippen molar-refractivity contribution in [1.82, 2.24) is 0 Å². The lowest BCUT2D eigenvalue weighted by Crippen LogP contribution is -2.74. The van der Waals surface area contributed by atoms with Gasteiger partial charge in [0.05, 0.1) is 5.69 Å². The number of nitrogens with zero attached hydrogens (tertiary/aromatic N) is 1. The first-order chi connectivity index (χ1) is 28.3. The van der Waals surface area contributed by atoms with E-state index in [2.05, 4.69) is 241 Å². The zero-order chi connectivity index (χ0) is 38.0. The lowest BCUT2D eigenvalue weighted by atomic mass is 9.98. The molecule has 0 fully saturated rings. The molecule has 0 amide bonds. The van der Waals surface area contributed by atoms with Crippen LogP contribution in [0.4, 0.5) is 17.1 Å². The van der Waals surface area contributed by atoms with Crippen LogP contribution in [0.3, 0.4) is 0 Å². The van der Waals surface area contributed by atoms with Crippen molar-refractivity contribution in [2.75, 3.05) is 4.90 Å². The first-order valence-electron chi connectivity index (χ1n) is 19.5. The summed E-state index contributed by atoms with van der Waals surface area (Å²) in [6, 6.07) is 86.9. The number of para-hydroxylation sites is 1. The zero-order valence-electron chi connectivity index (χ0n) is 31.4. The average molecular weight is 762 g/mol. The Morgan fingerprint density at radius 3 is 1.26 bits per heavy atom. The first kappa shape index (κ1) is 34.7. The van der Waals surface area contributed by atoms with Gasteiger partial charge in [-0.1, -0.05) is 194 Å². The van der Waals surface area contributed by atoms with E-state index in [0.717, 1.165) is 11.4 Å². The molecular formula is C54H39NSSi. The van der Waals surface area contributed by atoms with Gasteiger partial charge < -0.3 is 4.90 Å². The molecule has 0 aliphatic rings. The van der Waals surface area contributed by atoms with Crippen molar-refractivity contribution >= 4 is 77.4 Å². The van der Waals surface area contributed by atoms with Crippen LogP contribution in [0.15, 0.2) is 237 Å². The van der Waals surface area contributed by atoms with Gasteiger partial charge >= 0.3 is 0 Å². The van der Waals surface area contributed by atoms with Gasteiger partial charge in [-0.2, -0.15) is 0 Å². The Bertz CT molecular complexity index is 2810. The molecule has 0 radical (unpaired) electrons. The van der Waals surface area contributed by atoms with Gasteiger partial charge in [-0.25, -0.2) is 0 Å². The molecule has 0 bridgehead atoms. The van der Waals surface area contributed by atoms with E-state index in [0.29, 0.717) is 0 Å². The molecule has 9 aromatic carbocycles. The number of hydrogen-bond acceptors (Lipinski definition) is 2. The largest absolute Gasteiger partial charge is 0.310 e. The van der Waals surface area contributed by atoms with Gasteiger partial charge in [-0.05, 0) is 85.5 Å². The Balaban J connectivity index is 1.08. The highest BCUT2D eigenvalue weighted by atomic mass is 32.1. The predicted octanol–water partition coefficient (Wildman–Crippen LogP) is 12.2. The Morgan fingerprint density at radius 1 is 0.298 bits per heavy atom. The van der Waals surface area contributed by atoms with Crippen LogP contribution in [0, 0.1) is 0 Å². The number of anilines is 3. The lowest BCUT2D eigenvalue weighted by Gasteiger charge is -2.34. The van der Waals surface area contributed by atoms with Crippen LogP contribution in [0.5, 0.6) is 0 Å². The summed E-state index contributed by atoms with van der Waals surface area (Å²) < 4.78 is 2.58. The monoisotopic (exact) mass is 761 g/mol. The fourth-order valence-corrected chi connectivity index (χ4v) is 14.6. The molecule has 0 saturated heterocycles. The molecule has 57 heavy (non-hydrogen) atoms. The SMILES string of the molecule is c1ccc(-c2cccc3sc4cccc(N(c5ccccc5)c5ccc(-c6ccc([Si](c7ccccc7)(c7ccccc7)c7ccccc7)cc6)cc5)c4c23)cc1. The molecule has 1 aromatic heterocycles. The maximum Gasteiger partial charge on any atom is 0.179 e. The van der Waals surface area contributed by atoms with Gasteiger partial charge in [-0.15, -0.1) is 11.3 Å². The summed E-state index contributed by atoms with van der Waals surface area (Å²) in [4.78, 5) is 2.42. The molecule has 0 N–H and O–H groups in total. The molecule has 0 unspecified atom stereocenters. The Kier molecular flexibility index (Phi) is 9.15. The molecule has 0 aliphatic carbocycles. The summed E-state index contributed by atoms with van der Waals surface area (Å²) in [5, 5.41) is 8.09. The summed E-state index contributed by atoms with van der Waals surface area (Å²) in [7, 11) is -2.59. The Morgan fingerprint density at radius 2 is 0.719 bits per heavy atom. The maximum atomic E-state index is 2.42. The van der Waals surface area contributed by atoms with E-state index >= 15 is 0 Å². The first-order valence-corrected chi connectivity index (χ1v) is 22.3. The van der Waals surface area contributed by atoms with E-state index in [9.17, 15) is 0 Å². The van der Waals surface area contributed by atoms with Crippen molar-refractivity contribution in [2.45, 2.75) is 0 Å². The van der Waals surface area contributed by atoms with Gasteiger partial charge in [-0.3, -0.25) is 0 Å². The van der Waals surface area contributed by atoms with Gasteiger partial charge in [0, 0.05) is 31.5 Å². The summed E-state index contributed by atoms with van der Waals surface area (Å²) in [5.74, 6) is 0. The van der Waals surface area contributed by atoms with Crippen LogP contribution < -0.4 is 25.6 Å². The summed E-state index contributed by atoms with van der Waals surface area (Å²) in [5.41, 5.74) is 8.31. The van der Waals surface area contributed by atoms with Crippen LogP contribution in [-0.4, -0.2) is 8.07 Å². The molecule has 10 rings (SSSR count). The molecule has 0 aliphatic heterocycles. The van der Waals surface area contributed by atoms with Crippen molar-refractivity contribution in [3.8, 4) is 22.3 Å². The fourth-order valence-electron chi connectivity index (χ4n) is 8.68. The van der Waals surface area contributed by atoms with Gasteiger partial charge in [0.15, 0.2) is 8.07 Å². The van der Waals surface area contributed by atoms with Gasteiger partial charge in [0.1, 0.15) is 0 Å².